The Morgan fingerprint density at radius 3 is 2.67 bits per heavy atom. The van der Waals surface area contributed by atoms with Crippen molar-refractivity contribution in [3.8, 4) is 5.75 Å². The standard InChI is InChI=1S/C15H19NO2/c16-15(17)10-3-4-11-18-14-9-5-7-12-6-1-2-8-13(12)14/h1-2,5-9,15,17H,3-4,10-11,16H2. The summed E-state index contributed by atoms with van der Waals surface area (Å²) in [4.78, 5) is 0. The number of aliphatic hydroxyl groups is 1. The van der Waals surface area contributed by atoms with Crippen molar-refractivity contribution in [2.75, 3.05) is 6.61 Å². The molecule has 3 heteroatoms. The summed E-state index contributed by atoms with van der Waals surface area (Å²) < 4.78 is 5.78. The third-order valence-corrected chi connectivity index (χ3v) is 2.90. The second-order valence-electron chi connectivity index (χ2n) is 4.39. The smallest absolute Gasteiger partial charge is 0.127 e. The van der Waals surface area contributed by atoms with E-state index in [2.05, 4.69) is 18.2 Å². The summed E-state index contributed by atoms with van der Waals surface area (Å²) >= 11 is 0. The second kappa shape index (κ2) is 6.38. The van der Waals surface area contributed by atoms with Crippen LogP contribution in [0.3, 0.4) is 0 Å². The average Bonchev–Trinajstić information content (AvgIpc) is 2.38. The van der Waals surface area contributed by atoms with Gasteiger partial charge in [-0.15, -0.1) is 0 Å². The fourth-order valence-corrected chi connectivity index (χ4v) is 1.96. The van der Waals surface area contributed by atoms with Crippen molar-refractivity contribution in [1.82, 2.24) is 0 Å². The van der Waals surface area contributed by atoms with E-state index in [0.29, 0.717) is 13.0 Å². The van der Waals surface area contributed by atoms with Gasteiger partial charge in [0.05, 0.1) is 6.61 Å². The number of unbranched alkanes of at least 4 members (excludes halogenated alkanes) is 1. The number of nitrogens with two attached hydrogens (primary N) is 1. The number of hydrogen-bond acceptors (Lipinski definition) is 3. The molecule has 2 aromatic rings. The minimum absolute atomic E-state index is 0.624. The molecule has 0 aliphatic heterocycles. The monoisotopic (exact) mass is 245 g/mol. The van der Waals surface area contributed by atoms with Gasteiger partial charge in [0.1, 0.15) is 12.0 Å². The van der Waals surface area contributed by atoms with Crippen molar-refractivity contribution >= 4 is 10.8 Å². The lowest BCUT2D eigenvalue weighted by Crippen LogP contribution is -2.18. The van der Waals surface area contributed by atoms with Crippen molar-refractivity contribution in [3.63, 3.8) is 0 Å². The lowest BCUT2D eigenvalue weighted by atomic mass is 10.1. The predicted octanol–water partition coefficient (Wildman–Crippen LogP) is 2.67. The van der Waals surface area contributed by atoms with E-state index in [4.69, 9.17) is 15.6 Å². The molecule has 0 fully saturated rings. The van der Waals surface area contributed by atoms with Gasteiger partial charge in [0, 0.05) is 5.39 Å². The van der Waals surface area contributed by atoms with Crippen molar-refractivity contribution in [2.24, 2.45) is 5.73 Å². The lowest BCUT2D eigenvalue weighted by molar-refractivity contribution is 0.165. The Morgan fingerprint density at radius 2 is 1.83 bits per heavy atom. The van der Waals surface area contributed by atoms with Crippen LogP contribution in [-0.4, -0.2) is 17.9 Å². The normalized spacial score (nSPS) is 12.6. The summed E-state index contributed by atoms with van der Waals surface area (Å²) in [7, 11) is 0. The highest BCUT2D eigenvalue weighted by Gasteiger charge is 2.01. The Hall–Kier alpha value is -1.58. The lowest BCUT2D eigenvalue weighted by Gasteiger charge is -2.09. The molecule has 3 N–H and O–H groups in total. The summed E-state index contributed by atoms with van der Waals surface area (Å²) in [5.41, 5.74) is 5.27. The van der Waals surface area contributed by atoms with Crippen molar-refractivity contribution < 1.29 is 9.84 Å². The van der Waals surface area contributed by atoms with Crippen LogP contribution < -0.4 is 10.5 Å². The number of ether oxygens (including phenoxy) is 1. The van der Waals surface area contributed by atoms with Crippen molar-refractivity contribution in [3.05, 3.63) is 42.5 Å². The van der Waals surface area contributed by atoms with E-state index < -0.39 is 6.23 Å². The van der Waals surface area contributed by atoms with Crippen LogP contribution in [0.25, 0.3) is 10.8 Å². The zero-order valence-corrected chi connectivity index (χ0v) is 10.4. The number of fused-ring (bicyclic) bond motifs is 1. The Morgan fingerprint density at radius 1 is 1.06 bits per heavy atom. The van der Waals surface area contributed by atoms with Crippen LogP contribution in [0.1, 0.15) is 19.3 Å². The van der Waals surface area contributed by atoms with Crippen LogP contribution in [0.15, 0.2) is 42.5 Å². The maximum Gasteiger partial charge on any atom is 0.127 e. The highest BCUT2D eigenvalue weighted by atomic mass is 16.5. The maximum atomic E-state index is 8.95. The highest BCUT2D eigenvalue weighted by molar-refractivity contribution is 5.88. The van der Waals surface area contributed by atoms with Gasteiger partial charge >= 0.3 is 0 Å². The molecule has 0 heterocycles. The van der Waals surface area contributed by atoms with Gasteiger partial charge in [-0.25, -0.2) is 0 Å². The van der Waals surface area contributed by atoms with Crippen LogP contribution in [0.4, 0.5) is 0 Å². The molecule has 2 rings (SSSR count). The van der Waals surface area contributed by atoms with Gasteiger partial charge in [-0.05, 0) is 30.7 Å². The zero-order valence-electron chi connectivity index (χ0n) is 10.4. The summed E-state index contributed by atoms with van der Waals surface area (Å²) in [5.74, 6) is 0.918. The third-order valence-electron chi connectivity index (χ3n) is 2.90. The fraction of sp³-hybridized carbons (Fsp3) is 0.333. The van der Waals surface area contributed by atoms with Gasteiger partial charge in [0.15, 0.2) is 0 Å². The van der Waals surface area contributed by atoms with Crippen LogP contribution in [0, 0.1) is 0 Å². The van der Waals surface area contributed by atoms with Gasteiger partial charge in [0.2, 0.25) is 0 Å². The van der Waals surface area contributed by atoms with Gasteiger partial charge < -0.3 is 15.6 Å². The van der Waals surface area contributed by atoms with Crippen LogP contribution in [0.2, 0.25) is 0 Å². The molecule has 1 unspecified atom stereocenters. The number of rotatable bonds is 6. The summed E-state index contributed by atoms with van der Waals surface area (Å²) in [6.45, 7) is 0.653. The van der Waals surface area contributed by atoms with Gasteiger partial charge in [-0.3, -0.25) is 0 Å². The topological polar surface area (TPSA) is 55.5 Å². The van der Waals surface area contributed by atoms with Crippen molar-refractivity contribution in [2.45, 2.75) is 25.5 Å². The van der Waals surface area contributed by atoms with Gasteiger partial charge in [0.25, 0.3) is 0 Å². The Bertz CT molecular complexity index is 491. The first kappa shape index (κ1) is 12.9. The molecule has 0 aromatic heterocycles. The van der Waals surface area contributed by atoms with E-state index in [9.17, 15) is 0 Å². The van der Waals surface area contributed by atoms with Gasteiger partial charge in [-0.1, -0.05) is 36.4 Å². The molecule has 0 radical (unpaired) electrons. The molecular formula is C15H19NO2. The summed E-state index contributed by atoms with van der Waals surface area (Å²) in [5, 5.41) is 11.3. The predicted molar refractivity (Wildman–Crippen MR) is 73.5 cm³/mol. The SMILES string of the molecule is NC(O)CCCCOc1cccc2ccccc12. The molecule has 0 saturated heterocycles. The number of benzene rings is 2. The van der Waals surface area contributed by atoms with Crippen molar-refractivity contribution in [1.29, 1.82) is 0 Å². The van der Waals surface area contributed by atoms with E-state index in [1.165, 1.54) is 5.39 Å². The maximum absolute atomic E-state index is 8.95. The zero-order chi connectivity index (χ0) is 12.8. The molecule has 0 aliphatic rings. The number of aliphatic hydroxyl groups excluding tert-OH is 1. The second-order valence-corrected chi connectivity index (χ2v) is 4.39. The Labute approximate surface area is 107 Å². The molecule has 0 amide bonds. The van der Waals surface area contributed by atoms with Crippen LogP contribution in [0.5, 0.6) is 5.75 Å². The van der Waals surface area contributed by atoms with E-state index >= 15 is 0 Å². The minimum atomic E-state index is -0.706. The van der Waals surface area contributed by atoms with Crippen LogP contribution >= 0.6 is 0 Å². The molecule has 0 spiro atoms. The molecule has 1 atom stereocenters. The molecule has 0 saturated carbocycles. The third kappa shape index (κ3) is 3.45. The van der Waals surface area contributed by atoms with E-state index in [-0.39, 0.29) is 0 Å². The Balaban J connectivity index is 1.91. The number of hydrogen-bond donors (Lipinski definition) is 2. The quantitative estimate of drug-likeness (QED) is 0.607. The van der Waals surface area contributed by atoms with E-state index in [0.717, 1.165) is 24.0 Å². The molecular weight excluding hydrogens is 226 g/mol. The molecule has 3 nitrogen and oxygen atoms in total. The summed E-state index contributed by atoms with van der Waals surface area (Å²) in [6, 6.07) is 14.2. The van der Waals surface area contributed by atoms with E-state index in [1.54, 1.807) is 0 Å². The fourth-order valence-electron chi connectivity index (χ4n) is 1.96. The average molecular weight is 245 g/mol. The highest BCUT2D eigenvalue weighted by Crippen LogP contribution is 2.25. The molecule has 96 valence electrons. The van der Waals surface area contributed by atoms with Crippen LogP contribution in [-0.2, 0) is 0 Å². The first-order chi connectivity index (χ1) is 8.77. The molecule has 18 heavy (non-hydrogen) atoms. The first-order valence-corrected chi connectivity index (χ1v) is 6.31. The van der Waals surface area contributed by atoms with Gasteiger partial charge in [-0.2, -0.15) is 0 Å². The molecule has 0 bridgehead atoms. The summed E-state index contributed by atoms with van der Waals surface area (Å²) in [6.07, 6.45) is 1.70. The minimum Gasteiger partial charge on any atom is -0.493 e. The van der Waals surface area contributed by atoms with E-state index in [1.807, 2.05) is 24.3 Å². The molecule has 2 aromatic carbocycles. The largest absolute Gasteiger partial charge is 0.493 e. The molecule has 0 aliphatic carbocycles. The first-order valence-electron chi connectivity index (χ1n) is 6.31. The Kier molecular flexibility index (Phi) is 4.56.